The molecule has 2 rings (SSSR count). The first-order chi connectivity index (χ1) is 8.69. The molecule has 1 atom stereocenters. The Bertz CT molecular complexity index is 482. The van der Waals surface area contributed by atoms with Crippen LogP contribution >= 0.6 is 0 Å². The molecule has 0 radical (unpaired) electrons. The Hall–Kier alpha value is -1.54. The number of rotatable bonds is 5. The van der Waals surface area contributed by atoms with Gasteiger partial charge < -0.3 is 9.88 Å². The van der Waals surface area contributed by atoms with E-state index >= 15 is 0 Å². The fourth-order valence-electron chi connectivity index (χ4n) is 2.04. The first-order valence-electron chi connectivity index (χ1n) is 6.63. The average molecular weight is 242 g/mol. The SMILES string of the molecule is CCn1ccc(CN[C@@H](C)c2ccc(C)cc2)c1. The molecule has 0 saturated heterocycles. The van der Waals surface area contributed by atoms with Gasteiger partial charge >= 0.3 is 0 Å². The predicted octanol–water partition coefficient (Wildman–Crippen LogP) is 3.67. The minimum absolute atomic E-state index is 0.385. The predicted molar refractivity (Wildman–Crippen MR) is 76.5 cm³/mol. The maximum absolute atomic E-state index is 3.56. The van der Waals surface area contributed by atoms with Crippen molar-refractivity contribution in [2.75, 3.05) is 0 Å². The van der Waals surface area contributed by atoms with Crippen molar-refractivity contribution in [2.45, 2.75) is 39.9 Å². The highest BCUT2D eigenvalue weighted by atomic mass is 14.9. The molecular formula is C16H22N2. The molecule has 0 aliphatic carbocycles. The monoisotopic (exact) mass is 242 g/mol. The highest BCUT2D eigenvalue weighted by Crippen LogP contribution is 2.14. The second-order valence-corrected chi connectivity index (χ2v) is 4.86. The standard InChI is InChI=1S/C16H22N2/c1-4-18-10-9-15(12-18)11-17-14(3)16-7-5-13(2)6-8-16/h5-10,12,14,17H,4,11H2,1-3H3/t14-/m0/s1. The zero-order chi connectivity index (χ0) is 13.0. The van der Waals surface area contributed by atoms with Crippen molar-refractivity contribution in [1.82, 2.24) is 9.88 Å². The summed E-state index contributed by atoms with van der Waals surface area (Å²) in [6.45, 7) is 8.44. The van der Waals surface area contributed by atoms with Crippen LogP contribution in [0, 0.1) is 6.92 Å². The van der Waals surface area contributed by atoms with Gasteiger partial charge in [0.2, 0.25) is 0 Å². The van der Waals surface area contributed by atoms with Gasteiger partial charge in [0, 0.05) is 31.5 Å². The summed E-state index contributed by atoms with van der Waals surface area (Å²) in [6, 6.07) is 11.3. The van der Waals surface area contributed by atoms with Crippen molar-refractivity contribution >= 4 is 0 Å². The van der Waals surface area contributed by atoms with Gasteiger partial charge in [-0.25, -0.2) is 0 Å². The molecular weight excluding hydrogens is 220 g/mol. The van der Waals surface area contributed by atoms with Crippen LogP contribution in [-0.4, -0.2) is 4.57 Å². The number of aromatic nitrogens is 1. The molecule has 0 aliphatic rings. The number of aryl methyl sites for hydroxylation is 2. The third-order valence-electron chi connectivity index (χ3n) is 3.37. The molecule has 0 saturated carbocycles. The molecule has 1 N–H and O–H groups in total. The molecule has 1 aromatic carbocycles. The van der Waals surface area contributed by atoms with E-state index in [1.165, 1.54) is 16.7 Å². The van der Waals surface area contributed by atoms with Crippen LogP contribution in [0.4, 0.5) is 0 Å². The zero-order valence-electron chi connectivity index (χ0n) is 11.5. The van der Waals surface area contributed by atoms with E-state index in [2.05, 4.69) is 73.4 Å². The van der Waals surface area contributed by atoms with E-state index in [9.17, 15) is 0 Å². The fraction of sp³-hybridized carbons (Fsp3) is 0.375. The summed E-state index contributed by atoms with van der Waals surface area (Å²) in [4.78, 5) is 0. The Balaban J connectivity index is 1.91. The Labute approximate surface area is 110 Å². The van der Waals surface area contributed by atoms with Gasteiger partial charge in [-0.05, 0) is 38.0 Å². The second-order valence-electron chi connectivity index (χ2n) is 4.86. The van der Waals surface area contributed by atoms with Crippen LogP contribution in [0.15, 0.2) is 42.7 Å². The summed E-state index contributed by atoms with van der Waals surface area (Å²) in [5.41, 5.74) is 4.00. The lowest BCUT2D eigenvalue weighted by molar-refractivity contribution is 0.574. The summed E-state index contributed by atoms with van der Waals surface area (Å²) in [6.07, 6.45) is 4.34. The number of nitrogens with one attached hydrogen (secondary N) is 1. The molecule has 0 bridgehead atoms. The van der Waals surface area contributed by atoms with E-state index in [4.69, 9.17) is 0 Å². The lowest BCUT2D eigenvalue weighted by Crippen LogP contribution is -2.17. The van der Waals surface area contributed by atoms with E-state index < -0.39 is 0 Å². The number of benzene rings is 1. The van der Waals surface area contributed by atoms with Crippen LogP contribution in [0.2, 0.25) is 0 Å². The summed E-state index contributed by atoms with van der Waals surface area (Å²) >= 11 is 0. The number of hydrogen-bond donors (Lipinski definition) is 1. The Morgan fingerprint density at radius 3 is 2.50 bits per heavy atom. The van der Waals surface area contributed by atoms with Crippen molar-refractivity contribution in [3.63, 3.8) is 0 Å². The maximum Gasteiger partial charge on any atom is 0.0294 e. The highest BCUT2D eigenvalue weighted by molar-refractivity contribution is 5.23. The zero-order valence-corrected chi connectivity index (χ0v) is 11.5. The van der Waals surface area contributed by atoms with Crippen molar-refractivity contribution in [3.05, 3.63) is 59.4 Å². The van der Waals surface area contributed by atoms with E-state index in [0.29, 0.717) is 6.04 Å². The van der Waals surface area contributed by atoms with Gasteiger partial charge in [0.15, 0.2) is 0 Å². The van der Waals surface area contributed by atoms with Gasteiger partial charge in [-0.1, -0.05) is 29.8 Å². The highest BCUT2D eigenvalue weighted by Gasteiger charge is 2.04. The van der Waals surface area contributed by atoms with Crippen LogP contribution < -0.4 is 5.32 Å². The third kappa shape index (κ3) is 3.23. The van der Waals surface area contributed by atoms with Gasteiger partial charge in [0.25, 0.3) is 0 Å². The van der Waals surface area contributed by atoms with Crippen LogP contribution in [0.25, 0.3) is 0 Å². The molecule has 0 amide bonds. The van der Waals surface area contributed by atoms with Crippen molar-refractivity contribution in [2.24, 2.45) is 0 Å². The molecule has 0 aliphatic heterocycles. The first kappa shape index (κ1) is 12.9. The van der Waals surface area contributed by atoms with E-state index in [0.717, 1.165) is 13.1 Å². The largest absolute Gasteiger partial charge is 0.354 e. The molecule has 96 valence electrons. The molecule has 2 heteroatoms. The molecule has 0 unspecified atom stereocenters. The lowest BCUT2D eigenvalue weighted by atomic mass is 10.1. The second kappa shape index (κ2) is 5.87. The molecule has 18 heavy (non-hydrogen) atoms. The molecule has 2 aromatic rings. The van der Waals surface area contributed by atoms with Gasteiger partial charge in [-0.3, -0.25) is 0 Å². The van der Waals surface area contributed by atoms with Crippen molar-refractivity contribution in [1.29, 1.82) is 0 Å². The molecule has 2 nitrogen and oxygen atoms in total. The Kier molecular flexibility index (Phi) is 4.21. The number of hydrogen-bond acceptors (Lipinski definition) is 1. The van der Waals surface area contributed by atoms with Crippen LogP contribution in [-0.2, 0) is 13.1 Å². The minimum atomic E-state index is 0.385. The van der Waals surface area contributed by atoms with Gasteiger partial charge in [0.05, 0.1) is 0 Å². The van der Waals surface area contributed by atoms with E-state index in [1.807, 2.05) is 0 Å². The minimum Gasteiger partial charge on any atom is -0.354 e. The van der Waals surface area contributed by atoms with Crippen molar-refractivity contribution in [3.8, 4) is 0 Å². The average Bonchev–Trinajstić information content (AvgIpc) is 2.85. The lowest BCUT2D eigenvalue weighted by Gasteiger charge is -2.14. The summed E-state index contributed by atoms with van der Waals surface area (Å²) < 4.78 is 2.20. The summed E-state index contributed by atoms with van der Waals surface area (Å²) in [5.74, 6) is 0. The van der Waals surface area contributed by atoms with Crippen molar-refractivity contribution < 1.29 is 0 Å². The first-order valence-corrected chi connectivity index (χ1v) is 6.63. The van der Waals surface area contributed by atoms with Gasteiger partial charge in [-0.15, -0.1) is 0 Å². The third-order valence-corrected chi connectivity index (χ3v) is 3.37. The molecule has 0 spiro atoms. The van der Waals surface area contributed by atoms with E-state index in [1.54, 1.807) is 0 Å². The van der Waals surface area contributed by atoms with E-state index in [-0.39, 0.29) is 0 Å². The number of nitrogens with zero attached hydrogens (tertiary/aromatic N) is 1. The molecule has 0 fully saturated rings. The quantitative estimate of drug-likeness (QED) is 0.846. The van der Waals surface area contributed by atoms with Gasteiger partial charge in [-0.2, -0.15) is 0 Å². The fourth-order valence-corrected chi connectivity index (χ4v) is 2.04. The molecule has 1 heterocycles. The Morgan fingerprint density at radius 2 is 1.89 bits per heavy atom. The summed E-state index contributed by atoms with van der Waals surface area (Å²) in [7, 11) is 0. The maximum atomic E-state index is 3.56. The summed E-state index contributed by atoms with van der Waals surface area (Å²) in [5, 5.41) is 3.56. The smallest absolute Gasteiger partial charge is 0.0294 e. The normalized spacial score (nSPS) is 12.6. The topological polar surface area (TPSA) is 17.0 Å². The van der Waals surface area contributed by atoms with Crippen LogP contribution in [0.1, 0.15) is 36.6 Å². The van der Waals surface area contributed by atoms with Crippen LogP contribution in [0.3, 0.4) is 0 Å². The molecule has 1 aromatic heterocycles. The van der Waals surface area contributed by atoms with Gasteiger partial charge in [0.1, 0.15) is 0 Å². The van der Waals surface area contributed by atoms with Crippen LogP contribution in [0.5, 0.6) is 0 Å². The Morgan fingerprint density at radius 1 is 1.17 bits per heavy atom.